The molecule has 2 aromatic rings. The Morgan fingerprint density at radius 1 is 1.13 bits per heavy atom. The van der Waals surface area contributed by atoms with Crippen molar-refractivity contribution >= 4 is 27.5 Å². The Morgan fingerprint density at radius 2 is 1.93 bits per heavy atom. The van der Waals surface area contributed by atoms with E-state index in [0.29, 0.717) is 29.7 Å². The summed E-state index contributed by atoms with van der Waals surface area (Å²) in [5.74, 6) is 0.995. The standard InChI is InChI=1S/C21H27ClN2O5S/c1-3-4-12-29-19-9-8-16(13-20(19)28-2)15-23-21(25)10-11-24-30(26,27)18-7-5-6-17(22)14-18/h5-9,13-14,24H,3-4,10-12,15H2,1-2H3,(H,23,25). The van der Waals surface area contributed by atoms with Crippen molar-refractivity contribution in [2.45, 2.75) is 37.6 Å². The van der Waals surface area contributed by atoms with Crippen LogP contribution in [0.5, 0.6) is 11.5 Å². The predicted octanol–water partition coefficient (Wildman–Crippen LogP) is 3.51. The number of amides is 1. The first-order valence-electron chi connectivity index (χ1n) is 9.67. The predicted molar refractivity (Wildman–Crippen MR) is 117 cm³/mol. The summed E-state index contributed by atoms with van der Waals surface area (Å²) in [7, 11) is -2.15. The Bertz CT molecular complexity index is 950. The van der Waals surface area contributed by atoms with E-state index in [1.165, 1.54) is 12.1 Å². The average Bonchev–Trinajstić information content (AvgIpc) is 2.73. The highest BCUT2D eigenvalue weighted by Crippen LogP contribution is 2.28. The van der Waals surface area contributed by atoms with Crippen LogP contribution in [0.4, 0.5) is 0 Å². The van der Waals surface area contributed by atoms with E-state index >= 15 is 0 Å². The van der Waals surface area contributed by atoms with Gasteiger partial charge in [-0.3, -0.25) is 4.79 Å². The molecule has 0 fully saturated rings. The molecule has 0 radical (unpaired) electrons. The van der Waals surface area contributed by atoms with Crippen LogP contribution in [0.1, 0.15) is 31.7 Å². The van der Waals surface area contributed by atoms with Gasteiger partial charge in [-0.2, -0.15) is 0 Å². The molecule has 0 aliphatic carbocycles. The van der Waals surface area contributed by atoms with Crippen molar-refractivity contribution in [3.8, 4) is 11.5 Å². The molecule has 0 heterocycles. The fourth-order valence-corrected chi connectivity index (χ4v) is 3.91. The first-order valence-corrected chi connectivity index (χ1v) is 11.5. The van der Waals surface area contributed by atoms with Crippen LogP contribution in [0.25, 0.3) is 0 Å². The number of carbonyl (C=O) groups excluding carboxylic acids is 1. The van der Waals surface area contributed by atoms with E-state index < -0.39 is 10.0 Å². The molecule has 0 saturated heterocycles. The van der Waals surface area contributed by atoms with E-state index in [9.17, 15) is 13.2 Å². The van der Waals surface area contributed by atoms with Gasteiger partial charge in [0.1, 0.15) is 0 Å². The maximum Gasteiger partial charge on any atom is 0.240 e. The van der Waals surface area contributed by atoms with Crippen LogP contribution in [0, 0.1) is 0 Å². The summed E-state index contributed by atoms with van der Waals surface area (Å²) in [6.07, 6.45) is 2.01. The third-order valence-corrected chi connectivity index (χ3v) is 5.92. The van der Waals surface area contributed by atoms with E-state index in [4.69, 9.17) is 21.1 Å². The van der Waals surface area contributed by atoms with Gasteiger partial charge in [0.05, 0.1) is 18.6 Å². The Morgan fingerprint density at radius 3 is 2.63 bits per heavy atom. The summed E-state index contributed by atoms with van der Waals surface area (Å²) >= 11 is 5.82. The zero-order valence-electron chi connectivity index (χ0n) is 17.1. The van der Waals surface area contributed by atoms with Crippen molar-refractivity contribution in [1.82, 2.24) is 10.0 Å². The fourth-order valence-electron chi connectivity index (χ4n) is 2.57. The number of halogens is 1. The van der Waals surface area contributed by atoms with Crippen molar-refractivity contribution in [2.75, 3.05) is 20.3 Å². The number of benzene rings is 2. The molecule has 0 aromatic heterocycles. The molecule has 0 atom stereocenters. The monoisotopic (exact) mass is 454 g/mol. The summed E-state index contributed by atoms with van der Waals surface area (Å²) in [5.41, 5.74) is 0.850. The molecular formula is C21H27ClN2O5S. The minimum absolute atomic E-state index is 0.00907. The lowest BCUT2D eigenvalue weighted by Crippen LogP contribution is -2.30. The van der Waals surface area contributed by atoms with Gasteiger partial charge in [0, 0.05) is 24.5 Å². The van der Waals surface area contributed by atoms with E-state index in [1.54, 1.807) is 19.2 Å². The van der Waals surface area contributed by atoms with Crippen LogP contribution in [0.3, 0.4) is 0 Å². The minimum Gasteiger partial charge on any atom is -0.493 e. The lowest BCUT2D eigenvalue weighted by atomic mass is 10.2. The first kappa shape index (κ1) is 24.0. The van der Waals surface area contributed by atoms with Gasteiger partial charge >= 0.3 is 0 Å². The molecule has 2 rings (SSSR count). The molecule has 0 bridgehead atoms. The molecule has 1 amide bonds. The van der Waals surface area contributed by atoms with Gasteiger partial charge in [-0.25, -0.2) is 13.1 Å². The normalized spacial score (nSPS) is 11.2. The first-order chi connectivity index (χ1) is 14.4. The average molecular weight is 455 g/mol. The molecule has 9 heteroatoms. The highest BCUT2D eigenvalue weighted by Gasteiger charge is 2.14. The van der Waals surface area contributed by atoms with Gasteiger partial charge in [0.2, 0.25) is 15.9 Å². The van der Waals surface area contributed by atoms with Crippen molar-refractivity contribution in [3.63, 3.8) is 0 Å². The molecule has 0 aliphatic heterocycles. The smallest absolute Gasteiger partial charge is 0.240 e. The second kappa shape index (κ2) is 11.8. The van der Waals surface area contributed by atoms with Crippen LogP contribution in [0.2, 0.25) is 5.02 Å². The highest BCUT2D eigenvalue weighted by molar-refractivity contribution is 7.89. The Kier molecular flexibility index (Phi) is 9.42. The van der Waals surface area contributed by atoms with Crippen LogP contribution < -0.4 is 19.5 Å². The Hall–Kier alpha value is -2.29. The van der Waals surface area contributed by atoms with Crippen molar-refractivity contribution in [3.05, 3.63) is 53.1 Å². The summed E-state index contributed by atoms with van der Waals surface area (Å²) in [6.45, 7) is 2.99. The Balaban J connectivity index is 1.81. The number of hydrogen-bond donors (Lipinski definition) is 2. The quantitative estimate of drug-likeness (QED) is 0.478. The van der Waals surface area contributed by atoms with Crippen LogP contribution >= 0.6 is 11.6 Å². The summed E-state index contributed by atoms with van der Waals surface area (Å²) in [4.78, 5) is 12.1. The maximum atomic E-state index is 12.2. The second-order valence-corrected chi connectivity index (χ2v) is 8.77. The third kappa shape index (κ3) is 7.51. The minimum atomic E-state index is -3.71. The number of ether oxygens (including phenoxy) is 2. The molecule has 30 heavy (non-hydrogen) atoms. The number of unbranched alkanes of at least 4 members (excludes halogenated alkanes) is 1. The number of nitrogens with one attached hydrogen (secondary N) is 2. The van der Waals surface area contributed by atoms with Crippen molar-refractivity contribution in [2.24, 2.45) is 0 Å². The van der Waals surface area contributed by atoms with Crippen molar-refractivity contribution in [1.29, 1.82) is 0 Å². The van der Waals surface area contributed by atoms with Crippen LogP contribution in [0.15, 0.2) is 47.4 Å². The summed E-state index contributed by atoms with van der Waals surface area (Å²) < 4.78 is 37.9. The Labute approximate surface area is 182 Å². The lowest BCUT2D eigenvalue weighted by molar-refractivity contribution is -0.121. The molecular weight excluding hydrogens is 428 g/mol. The summed E-state index contributed by atoms with van der Waals surface area (Å²) in [5, 5.41) is 3.09. The van der Waals surface area contributed by atoms with Crippen LogP contribution in [-0.2, 0) is 21.4 Å². The fraction of sp³-hybridized carbons (Fsp3) is 0.381. The van der Waals surface area contributed by atoms with E-state index in [2.05, 4.69) is 17.0 Å². The number of hydrogen-bond acceptors (Lipinski definition) is 5. The topological polar surface area (TPSA) is 93.7 Å². The number of rotatable bonds is 12. The van der Waals surface area contributed by atoms with Crippen LogP contribution in [-0.4, -0.2) is 34.6 Å². The van der Waals surface area contributed by atoms with Gasteiger partial charge in [-0.15, -0.1) is 0 Å². The number of carbonyl (C=O) groups is 1. The van der Waals surface area contributed by atoms with Gasteiger partial charge in [-0.05, 0) is 42.3 Å². The van der Waals surface area contributed by atoms with Gasteiger partial charge < -0.3 is 14.8 Å². The zero-order chi connectivity index (χ0) is 22.0. The van der Waals surface area contributed by atoms with E-state index in [1.807, 2.05) is 18.2 Å². The molecule has 7 nitrogen and oxygen atoms in total. The molecule has 2 aromatic carbocycles. The molecule has 0 unspecified atom stereocenters. The highest BCUT2D eigenvalue weighted by atomic mass is 35.5. The molecule has 0 aliphatic rings. The van der Waals surface area contributed by atoms with Gasteiger partial charge in [0.15, 0.2) is 11.5 Å². The SMILES string of the molecule is CCCCOc1ccc(CNC(=O)CCNS(=O)(=O)c2cccc(Cl)c2)cc1OC. The zero-order valence-corrected chi connectivity index (χ0v) is 18.7. The molecule has 0 saturated carbocycles. The molecule has 164 valence electrons. The van der Waals surface area contributed by atoms with Gasteiger partial charge in [0.25, 0.3) is 0 Å². The lowest BCUT2D eigenvalue weighted by Gasteiger charge is -2.12. The molecule has 2 N–H and O–H groups in total. The van der Waals surface area contributed by atoms with E-state index in [0.717, 1.165) is 18.4 Å². The van der Waals surface area contributed by atoms with Gasteiger partial charge in [-0.1, -0.05) is 37.1 Å². The number of methoxy groups -OCH3 is 1. The van der Waals surface area contributed by atoms with E-state index in [-0.39, 0.29) is 23.8 Å². The largest absolute Gasteiger partial charge is 0.493 e. The maximum absolute atomic E-state index is 12.2. The molecule has 0 spiro atoms. The third-order valence-electron chi connectivity index (χ3n) is 4.22. The second-order valence-electron chi connectivity index (χ2n) is 6.57. The summed E-state index contributed by atoms with van der Waals surface area (Å²) in [6, 6.07) is 11.4. The van der Waals surface area contributed by atoms with Crippen molar-refractivity contribution < 1.29 is 22.7 Å². The number of sulfonamides is 1.